The van der Waals surface area contributed by atoms with E-state index in [1.165, 1.54) is 5.56 Å². The van der Waals surface area contributed by atoms with Crippen LogP contribution in [-0.4, -0.2) is 5.33 Å². The largest absolute Gasteiger partial charge is 0.0925 e. The van der Waals surface area contributed by atoms with E-state index in [-0.39, 0.29) is 0 Å². The Kier molecular flexibility index (Phi) is 4.41. The number of benzene rings is 1. The normalized spacial score (nSPS) is 10.8. The minimum Gasteiger partial charge on any atom is -0.0925 e. The predicted molar refractivity (Wildman–Crippen MR) is 58.9 cm³/mol. The standard InChI is InChI=1S/C10H10BrCl/c11-8-2-1-3-9-4-6-10(12)7-5-9/h1,3-7H,2,8H2/b3-1+. The van der Waals surface area contributed by atoms with E-state index < -0.39 is 0 Å². The van der Waals surface area contributed by atoms with Crippen molar-refractivity contribution in [2.75, 3.05) is 5.33 Å². The molecule has 12 heavy (non-hydrogen) atoms. The number of rotatable bonds is 3. The quantitative estimate of drug-likeness (QED) is 0.702. The molecular weight excluding hydrogens is 235 g/mol. The monoisotopic (exact) mass is 244 g/mol. The van der Waals surface area contributed by atoms with Crippen LogP contribution in [0.25, 0.3) is 6.08 Å². The van der Waals surface area contributed by atoms with Crippen LogP contribution >= 0.6 is 27.5 Å². The minimum absolute atomic E-state index is 0.785. The van der Waals surface area contributed by atoms with Gasteiger partial charge in [0.25, 0.3) is 0 Å². The van der Waals surface area contributed by atoms with E-state index in [4.69, 9.17) is 11.6 Å². The van der Waals surface area contributed by atoms with Crippen molar-refractivity contribution in [1.82, 2.24) is 0 Å². The van der Waals surface area contributed by atoms with Gasteiger partial charge in [-0.15, -0.1) is 0 Å². The summed E-state index contributed by atoms with van der Waals surface area (Å²) >= 11 is 9.10. The fraction of sp³-hybridized carbons (Fsp3) is 0.200. The van der Waals surface area contributed by atoms with Gasteiger partial charge >= 0.3 is 0 Å². The second kappa shape index (κ2) is 5.39. The van der Waals surface area contributed by atoms with E-state index in [1.807, 2.05) is 24.3 Å². The van der Waals surface area contributed by atoms with Crippen molar-refractivity contribution in [3.63, 3.8) is 0 Å². The Morgan fingerprint density at radius 2 is 1.92 bits per heavy atom. The van der Waals surface area contributed by atoms with Crippen molar-refractivity contribution in [1.29, 1.82) is 0 Å². The number of hydrogen-bond donors (Lipinski definition) is 0. The summed E-state index contributed by atoms with van der Waals surface area (Å²) in [6.45, 7) is 0. The van der Waals surface area contributed by atoms with Gasteiger partial charge in [-0.1, -0.05) is 51.8 Å². The Hall–Kier alpha value is -0.270. The predicted octanol–water partition coefficient (Wildman–Crippen LogP) is 4.14. The van der Waals surface area contributed by atoms with Crippen molar-refractivity contribution >= 4 is 33.6 Å². The maximum atomic E-state index is 5.74. The van der Waals surface area contributed by atoms with Crippen LogP contribution < -0.4 is 0 Å². The Labute approximate surface area is 86.4 Å². The van der Waals surface area contributed by atoms with Gasteiger partial charge in [0, 0.05) is 10.4 Å². The van der Waals surface area contributed by atoms with Gasteiger partial charge in [0.2, 0.25) is 0 Å². The molecule has 2 heteroatoms. The van der Waals surface area contributed by atoms with Crippen molar-refractivity contribution < 1.29 is 0 Å². The van der Waals surface area contributed by atoms with Crippen LogP contribution in [0.1, 0.15) is 12.0 Å². The average Bonchev–Trinajstić information content (AvgIpc) is 2.09. The molecule has 0 spiro atoms. The summed E-state index contributed by atoms with van der Waals surface area (Å²) in [5.74, 6) is 0. The number of halogens is 2. The average molecular weight is 246 g/mol. The van der Waals surface area contributed by atoms with Gasteiger partial charge in [-0.2, -0.15) is 0 Å². The molecule has 0 aliphatic rings. The second-order valence-electron chi connectivity index (χ2n) is 2.43. The maximum absolute atomic E-state index is 5.74. The Morgan fingerprint density at radius 3 is 2.50 bits per heavy atom. The smallest absolute Gasteiger partial charge is 0.0406 e. The summed E-state index contributed by atoms with van der Waals surface area (Å²) in [6.07, 6.45) is 5.29. The number of hydrogen-bond acceptors (Lipinski definition) is 0. The Balaban J connectivity index is 2.58. The molecule has 0 atom stereocenters. The highest BCUT2D eigenvalue weighted by atomic mass is 79.9. The van der Waals surface area contributed by atoms with Crippen LogP contribution in [0.5, 0.6) is 0 Å². The minimum atomic E-state index is 0.785. The second-order valence-corrected chi connectivity index (χ2v) is 3.66. The molecule has 0 amide bonds. The zero-order valence-corrected chi connectivity index (χ0v) is 8.98. The Morgan fingerprint density at radius 1 is 1.25 bits per heavy atom. The van der Waals surface area contributed by atoms with Crippen LogP contribution in [0.2, 0.25) is 5.02 Å². The van der Waals surface area contributed by atoms with E-state index in [0.717, 1.165) is 16.8 Å². The number of alkyl halides is 1. The highest BCUT2D eigenvalue weighted by molar-refractivity contribution is 9.09. The van der Waals surface area contributed by atoms with Crippen molar-refractivity contribution in [3.05, 3.63) is 40.9 Å². The van der Waals surface area contributed by atoms with E-state index in [9.17, 15) is 0 Å². The van der Waals surface area contributed by atoms with E-state index in [1.54, 1.807) is 0 Å². The van der Waals surface area contributed by atoms with Crippen LogP contribution in [-0.2, 0) is 0 Å². The molecule has 0 bridgehead atoms. The topological polar surface area (TPSA) is 0 Å². The third kappa shape index (κ3) is 3.42. The van der Waals surface area contributed by atoms with Gasteiger partial charge in [0.1, 0.15) is 0 Å². The first-order chi connectivity index (χ1) is 5.83. The van der Waals surface area contributed by atoms with Gasteiger partial charge in [-0.25, -0.2) is 0 Å². The third-order valence-electron chi connectivity index (χ3n) is 1.46. The van der Waals surface area contributed by atoms with Crippen LogP contribution in [0, 0.1) is 0 Å². The molecule has 1 rings (SSSR count). The lowest BCUT2D eigenvalue weighted by molar-refractivity contribution is 1.27. The molecule has 0 nitrogen and oxygen atoms in total. The summed E-state index contributed by atoms with van der Waals surface area (Å²) in [4.78, 5) is 0. The molecule has 0 aliphatic heterocycles. The van der Waals surface area contributed by atoms with Gasteiger partial charge in [0.15, 0.2) is 0 Å². The highest BCUT2D eigenvalue weighted by Gasteiger charge is 1.86. The van der Waals surface area contributed by atoms with E-state index in [2.05, 4.69) is 28.1 Å². The third-order valence-corrected chi connectivity index (χ3v) is 2.17. The summed E-state index contributed by atoms with van der Waals surface area (Å²) in [5, 5.41) is 1.80. The molecule has 0 heterocycles. The lowest BCUT2D eigenvalue weighted by Gasteiger charge is -1.92. The van der Waals surface area contributed by atoms with Crippen LogP contribution in [0.4, 0.5) is 0 Å². The molecule has 0 aliphatic carbocycles. The maximum Gasteiger partial charge on any atom is 0.0406 e. The fourth-order valence-corrected chi connectivity index (χ4v) is 1.25. The van der Waals surface area contributed by atoms with Crippen molar-refractivity contribution in [2.45, 2.75) is 6.42 Å². The van der Waals surface area contributed by atoms with E-state index in [0.29, 0.717) is 0 Å². The van der Waals surface area contributed by atoms with E-state index >= 15 is 0 Å². The zero-order valence-electron chi connectivity index (χ0n) is 6.63. The van der Waals surface area contributed by atoms with Crippen LogP contribution in [0.3, 0.4) is 0 Å². The van der Waals surface area contributed by atoms with Gasteiger partial charge in [0.05, 0.1) is 0 Å². The Bertz CT molecular complexity index is 251. The van der Waals surface area contributed by atoms with Crippen molar-refractivity contribution in [2.24, 2.45) is 0 Å². The molecule has 0 N–H and O–H groups in total. The summed E-state index contributed by atoms with van der Waals surface area (Å²) in [6, 6.07) is 7.81. The molecule has 0 aromatic heterocycles. The van der Waals surface area contributed by atoms with Gasteiger partial charge in [-0.3, -0.25) is 0 Å². The SMILES string of the molecule is Clc1ccc(/C=C/CCBr)cc1. The molecule has 0 unspecified atom stereocenters. The molecule has 0 saturated carbocycles. The summed E-state index contributed by atoms with van der Waals surface area (Å²) in [7, 11) is 0. The molecule has 64 valence electrons. The molecule has 1 aromatic rings. The lowest BCUT2D eigenvalue weighted by atomic mass is 10.2. The molecule has 0 radical (unpaired) electrons. The first-order valence-corrected chi connectivity index (χ1v) is 5.31. The lowest BCUT2D eigenvalue weighted by Crippen LogP contribution is -1.71. The van der Waals surface area contributed by atoms with Gasteiger partial charge < -0.3 is 0 Å². The molecule has 0 fully saturated rings. The van der Waals surface area contributed by atoms with Gasteiger partial charge in [-0.05, 0) is 24.1 Å². The molecule has 1 aromatic carbocycles. The first-order valence-electron chi connectivity index (χ1n) is 3.81. The van der Waals surface area contributed by atoms with Crippen molar-refractivity contribution in [3.8, 4) is 0 Å². The summed E-state index contributed by atoms with van der Waals surface area (Å²) in [5.41, 5.74) is 1.19. The zero-order chi connectivity index (χ0) is 8.81. The molecular formula is C10H10BrCl. The fourth-order valence-electron chi connectivity index (χ4n) is 0.856. The first kappa shape index (κ1) is 9.82. The van der Waals surface area contributed by atoms with Crippen LogP contribution in [0.15, 0.2) is 30.3 Å². The molecule has 0 saturated heterocycles. The summed E-state index contributed by atoms with van der Waals surface area (Å²) < 4.78 is 0. The highest BCUT2D eigenvalue weighted by Crippen LogP contribution is 2.10. The number of allylic oxidation sites excluding steroid dienone is 1.